The highest BCUT2D eigenvalue weighted by molar-refractivity contribution is 8.00. The largest absolute Gasteiger partial charge is 0.355 e. The highest BCUT2D eigenvalue weighted by atomic mass is 32.2. The summed E-state index contributed by atoms with van der Waals surface area (Å²) in [5.74, 6) is 0.362. The number of carbonyl (C=O) groups is 2. The van der Waals surface area contributed by atoms with Gasteiger partial charge in [-0.1, -0.05) is 45.0 Å². The first kappa shape index (κ1) is 16.9. The zero-order chi connectivity index (χ0) is 16.3. The van der Waals surface area contributed by atoms with E-state index < -0.39 is 0 Å². The van der Waals surface area contributed by atoms with E-state index in [1.165, 1.54) is 5.56 Å². The molecule has 1 aliphatic heterocycles. The Labute approximate surface area is 136 Å². The molecule has 2 rings (SSSR count). The van der Waals surface area contributed by atoms with E-state index >= 15 is 0 Å². The summed E-state index contributed by atoms with van der Waals surface area (Å²) in [7, 11) is 0. The van der Waals surface area contributed by atoms with Gasteiger partial charge in [0.1, 0.15) is 11.9 Å². The normalized spacial score (nSPS) is 18.6. The second kappa shape index (κ2) is 6.73. The van der Waals surface area contributed by atoms with Gasteiger partial charge in [0.25, 0.3) is 0 Å². The number of nitrogens with one attached hydrogen (secondary N) is 1. The Hall–Kier alpha value is -1.49. The van der Waals surface area contributed by atoms with Crippen molar-refractivity contribution >= 4 is 23.6 Å². The molecule has 4 nitrogen and oxygen atoms in total. The van der Waals surface area contributed by atoms with Gasteiger partial charge in [0.05, 0.1) is 5.75 Å². The number of hydrogen-bond donors (Lipinski definition) is 1. The molecule has 0 aliphatic carbocycles. The van der Waals surface area contributed by atoms with E-state index in [1.54, 1.807) is 16.7 Å². The number of rotatable bonds is 4. The molecule has 0 aromatic heterocycles. The maximum absolute atomic E-state index is 12.0. The van der Waals surface area contributed by atoms with Crippen LogP contribution in [0.2, 0.25) is 0 Å². The van der Waals surface area contributed by atoms with E-state index in [0.717, 1.165) is 5.56 Å². The van der Waals surface area contributed by atoms with Crippen LogP contribution in [-0.4, -0.2) is 35.6 Å². The fourth-order valence-corrected chi connectivity index (χ4v) is 3.64. The Morgan fingerprint density at radius 3 is 2.50 bits per heavy atom. The molecule has 2 amide bonds. The van der Waals surface area contributed by atoms with E-state index in [-0.39, 0.29) is 29.1 Å². The van der Waals surface area contributed by atoms with Crippen LogP contribution in [0.4, 0.5) is 0 Å². The molecule has 1 aromatic carbocycles. The maximum atomic E-state index is 12.0. The fraction of sp³-hybridized carbons (Fsp3) is 0.529. The van der Waals surface area contributed by atoms with Crippen LogP contribution in [0.5, 0.6) is 0 Å². The third kappa shape index (κ3) is 3.83. The minimum absolute atomic E-state index is 0.0288. The van der Waals surface area contributed by atoms with Gasteiger partial charge in [0.15, 0.2) is 0 Å². The van der Waals surface area contributed by atoms with Crippen molar-refractivity contribution in [1.82, 2.24) is 10.2 Å². The Bertz CT molecular complexity index is 549. The molecule has 0 radical (unpaired) electrons. The van der Waals surface area contributed by atoms with Crippen LogP contribution in [-0.2, 0) is 15.0 Å². The standard InChI is InChI=1S/C17H24N2O2S/c1-5-18-14(20)10-19-15(21)11-22-16(19)12-6-8-13(9-7-12)17(2,3)4/h6-9,16H,5,10-11H2,1-4H3,(H,18,20)/t16-/m0/s1. The van der Waals surface area contributed by atoms with Crippen molar-refractivity contribution in [3.8, 4) is 0 Å². The maximum Gasteiger partial charge on any atom is 0.239 e. The second-order valence-electron chi connectivity index (χ2n) is 6.51. The summed E-state index contributed by atoms with van der Waals surface area (Å²) in [4.78, 5) is 25.5. The molecule has 0 spiro atoms. The Morgan fingerprint density at radius 2 is 1.95 bits per heavy atom. The van der Waals surface area contributed by atoms with Crippen LogP contribution in [0.15, 0.2) is 24.3 Å². The summed E-state index contributed by atoms with van der Waals surface area (Å²) >= 11 is 1.58. The lowest BCUT2D eigenvalue weighted by Gasteiger charge is -2.25. The molecule has 1 aliphatic rings. The van der Waals surface area contributed by atoms with Crippen molar-refractivity contribution in [2.45, 2.75) is 38.5 Å². The lowest BCUT2D eigenvalue weighted by atomic mass is 9.87. The summed E-state index contributed by atoms with van der Waals surface area (Å²) < 4.78 is 0. The quantitative estimate of drug-likeness (QED) is 0.928. The van der Waals surface area contributed by atoms with E-state index in [1.807, 2.05) is 6.92 Å². The molecule has 22 heavy (non-hydrogen) atoms. The molecular formula is C17H24N2O2S. The monoisotopic (exact) mass is 320 g/mol. The van der Waals surface area contributed by atoms with Gasteiger partial charge in [-0.2, -0.15) is 0 Å². The van der Waals surface area contributed by atoms with E-state index in [0.29, 0.717) is 12.3 Å². The van der Waals surface area contributed by atoms with Crippen molar-refractivity contribution in [3.05, 3.63) is 35.4 Å². The fourth-order valence-electron chi connectivity index (χ4n) is 2.46. The number of likely N-dealkylation sites (N-methyl/N-ethyl adjacent to an activating group) is 1. The number of amides is 2. The van der Waals surface area contributed by atoms with Gasteiger partial charge in [-0.15, -0.1) is 11.8 Å². The first-order chi connectivity index (χ1) is 10.3. The Kier molecular flexibility index (Phi) is 5.16. The molecule has 5 heteroatoms. The highest BCUT2D eigenvalue weighted by Crippen LogP contribution is 2.38. The zero-order valence-electron chi connectivity index (χ0n) is 13.7. The average molecular weight is 320 g/mol. The van der Waals surface area contributed by atoms with E-state index in [9.17, 15) is 9.59 Å². The first-order valence-electron chi connectivity index (χ1n) is 7.61. The van der Waals surface area contributed by atoms with Crippen molar-refractivity contribution in [3.63, 3.8) is 0 Å². The molecule has 1 fully saturated rings. The van der Waals surface area contributed by atoms with Gasteiger partial charge in [-0.25, -0.2) is 0 Å². The number of carbonyl (C=O) groups excluding carboxylic acids is 2. The van der Waals surface area contributed by atoms with Crippen LogP contribution in [0.25, 0.3) is 0 Å². The molecule has 0 saturated carbocycles. The Morgan fingerprint density at radius 1 is 1.32 bits per heavy atom. The van der Waals surface area contributed by atoms with E-state index in [2.05, 4.69) is 50.4 Å². The second-order valence-corrected chi connectivity index (χ2v) is 7.58. The molecule has 1 aromatic rings. The average Bonchev–Trinajstić information content (AvgIpc) is 2.80. The molecule has 1 N–H and O–H groups in total. The van der Waals surface area contributed by atoms with Gasteiger partial charge < -0.3 is 10.2 Å². The smallest absolute Gasteiger partial charge is 0.239 e. The predicted octanol–water partition coefficient (Wildman–Crippen LogP) is 2.69. The lowest BCUT2D eigenvalue weighted by Crippen LogP contribution is -2.39. The van der Waals surface area contributed by atoms with Crippen LogP contribution in [0.3, 0.4) is 0 Å². The van der Waals surface area contributed by atoms with Crippen LogP contribution in [0, 0.1) is 0 Å². The Balaban J connectivity index is 2.16. The van der Waals surface area contributed by atoms with Gasteiger partial charge in [-0.05, 0) is 23.5 Å². The molecule has 0 bridgehead atoms. The minimum Gasteiger partial charge on any atom is -0.355 e. The number of thioether (sulfide) groups is 1. The molecule has 1 atom stereocenters. The van der Waals surface area contributed by atoms with Crippen molar-refractivity contribution in [2.24, 2.45) is 0 Å². The zero-order valence-corrected chi connectivity index (χ0v) is 14.5. The predicted molar refractivity (Wildman–Crippen MR) is 90.7 cm³/mol. The first-order valence-corrected chi connectivity index (χ1v) is 8.66. The molecule has 1 heterocycles. The van der Waals surface area contributed by atoms with E-state index in [4.69, 9.17) is 0 Å². The summed E-state index contributed by atoms with van der Waals surface area (Å²) in [6, 6.07) is 8.37. The van der Waals surface area contributed by atoms with Crippen molar-refractivity contribution in [1.29, 1.82) is 0 Å². The van der Waals surface area contributed by atoms with Gasteiger partial charge in [-0.3, -0.25) is 9.59 Å². The summed E-state index contributed by atoms with van der Waals surface area (Å²) in [6.07, 6.45) is 0. The van der Waals surface area contributed by atoms with Crippen LogP contribution >= 0.6 is 11.8 Å². The van der Waals surface area contributed by atoms with Gasteiger partial charge in [0, 0.05) is 6.54 Å². The third-order valence-electron chi connectivity index (χ3n) is 3.72. The lowest BCUT2D eigenvalue weighted by molar-refractivity contribution is -0.133. The number of nitrogens with zero attached hydrogens (tertiary/aromatic N) is 1. The summed E-state index contributed by atoms with van der Waals surface area (Å²) in [6.45, 7) is 9.12. The SMILES string of the molecule is CCNC(=O)CN1C(=O)CS[C@H]1c1ccc(C(C)(C)C)cc1. The van der Waals surface area contributed by atoms with Gasteiger partial charge in [0.2, 0.25) is 11.8 Å². The van der Waals surface area contributed by atoms with Crippen LogP contribution < -0.4 is 5.32 Å². The summed E-state index contributed by atoms with van der Waals surface area (Å²) in [5.41, 5.74) is 2.45. The highest BCUT2D eigenvalue weighted by Gasteiger charge is 2.34. The number of hydrogen-bond acceptors (Lipinski definition) is 3. The molecular weight excluding hydrogens is 296 g/mol. The van der Waals surface area contributed by atoms with Crippen molar-refractivity contribution in [2.75, 3.05) is 18.8 Å². The molecule has 120 valence electrons. The topological polar surface area (TPSA) is 49.4 Å². The molecule has 1 saturated heterocycles. The third-order valence-corrected chi connectivity index (χ3v) is 4.97. The summed E-state index contributed by atoms with van der Waals surface area (Å²) in [5, 5.41) is 2.69. The van der Waals surface area contributed by atoms with Crippen molar-refractivity contribution < 1.29 is 9.59 Å². The van der Waals surface area contributed by atoms with Gasteiger partial charge >= 0.3 is 0 Å². The molecule has 0 unspecified atom stereocenters. The van der Waals surface area contributed by atoms with Crippen LogP contribution in [0.1, 0.15) is 44.2 Å². The minimum atomic E-state index is -0.102. The number of benzene rings is 1.